The minimum Gasteiger partial charge on any atom is -0.479 e. The van der Waals surface area contributed by atoms with Crippen LogP contribution in [0.4, 0.5) is 0 Å². The minimum atomic E-state index is -2.15. The molecule has 0 saturated carbocycles. The third-order valence-electron chi connectivity index (χ3n) is 2.70. The van der Waals surface area contributed by atoms with E-state index in [9.17, 15) is 24.6 Å². The first kappa shape index (κ1) is 18.4. The summed E-state index contributed by atoms with van der Waals surface area (Å²) < 4.78 is 0. The number of carbonyl (C=O) groups is 3. The van der Waals surface area contributed by atoms with Crippen LogP contribution in [0.1, 0.15) is 13.3 Å². The molecule has 0 aliphatic carbocycles. The molecule has 0 bridgehead atoms. The van der Waals surface area contributed by atoms with Gasteiger partial charge in [0.1, 0.15) is 18.5 Å². The van der Waals surface area contributed by atoms with E-state index < -0.39 is 48.7 Å². The summed E-state index contributed by atoms with van der Waals surface area (Å²) in [5, 5.41) is 38.4. The second-order valence-electron chi connectivity index (χ2n) is 4.52. The van der Waals surface area contributed by atoms with Gasteiger partial charge in [0.25, 0.3) is 0 Å². The summed E-state index contributed by atoms with van der Waals surface area (Å²) in [6.07, 6.45) is -5.10. The second kappa shape index (κ2) is 8.59. The number of aliphatic hydroxyl groups is 3. The molecule has 0 radical (unpaired) electrons. The fourth-order valence-corrected chi connectivity index (χ4v) is 1.43. The first-order valence-electron chi connectivity index (χ1n) is 5.96. The van der Waals surface area contributed by atoms with Crippen LogP contribution < -0.4 is 11.1 Å². The number of aldehydes is 1. The lowest BCUT2D eigenvalue weighted by atomic mass is 10.0. The average molecular weight is 292 g/mol. The predicted octanol–water partition coefficient (Wildman–Crippen LogP) is -3.18. The molecular weight excluding hydrogens is 272 g/mol. The van der Waals surface area contributed by atoms with Crippen LogP contribution in [0.25, 0.3) is 0 Å². The van der Waals surface area contributed by atoms with E-state index in [4.69, 9.17) is 15.9 Å². The highest BCUT2D eigenvalue weighted by Crippen LogP contribution is 2.05. The largest absolute Gasteiger partial charge is 0.479 e. The van der Waals surface area contributed by atoms with E-state index in [2.05, 4.69) is 5.32 Å². The topological polar surface area (TPSA) is 170 Å². The van der Waals surface area contributed by atoms with Gasteiger partial charge in [0, 0.05) is 12.5 Å². The van der Waals surface area contributed by atoms with Gasteiger partial charge < -0.3 is 36.3 Å². The van der Waals surface area contributed by atoms with Crippen molar-refractivity contribution >= 4 is 18.2 Å². The Morgan fingerprint density at radius 3 is 2.30 bits per heavy atom. The second-order valence-corrected chi connectivity index (χ2v) is 4.52. The normalized spacial score (nSPS) is 18.4. The number of aliphatic carboxylic acids is 1. The molecule has 9 nitrogen and oxygen atoms in total. The van der Waals surface area contributed by atoms with E-state index in [1.807, 2.05) is 0 Å². The van der Waals surface area contributed by atoms with Gasteiger partial charge >= 0.3 is 5.97 Å². The van der Waals surface area contributed by atoms with Gasteiger partial charge in [0.15, 0.2) is 6.10 Å². The minimum absolute atomic E-state index is 0.117. The molecule has 5 atom stereocenters. The molecular formula is C11H20N2O7. The van der Waals surface area contributed by atoms with Crippen molar-refractivity contribution in [2.75, 3.05) is 6.54 Å². The molecule has 7 N–H and O–H groups in total. The Balaban J connectivity index is 4.23. The van der Waals surface area contributed by atoms with Crippen molar-refractivity contribution in [1.29, 1.82) is 0 Å². The number of rotatable bonds is 9. The van der Waals surface area contributed by atoms with Gasteiger partial charge in [-0.05, 0) is 6.42 Å². The van der Waals surface area contributed by atoms with Gasteiger partial charge in [0.05, 0.1) is 6.04 Å². The zero-order valence-corrected chi connectivity index (χ0v) is 11.0. The average Bonchev–Trinajstić information content (AvgIpc) is 2.41. The Morgan fingerprint density at radius 2 is 1.85 bits per heavy atom. The van der Waals surface area contributed by atoms with Gasteiger partial charge in [-0.2, -0.15) is 0 Å². The number of hydrogen-bond acceptors (Lipinski definition) is 7. The third kappa shape index (κ3) is 6.06. The molecule has 9 heteroatoms. The number of carboxylic acid groups (broad SMARTS) is 1. The summed E-state index contributed by atoms with van der Waals surface area (Å²) in [5.41, 5.74) is 5.35. The Labute approximate surface area is 115 Å². The molecule has 0 fully saturated rings. The van der Waals surface area contributed by atoms with Crippen LogP contribution in [0, 0.1) is 5.92 Å². The van der Waals surface area contributed by atoms with Crippen LogP contribution in [-0.4, -0.2) is 69.5 Å². The molecule has 0 aromatic heterocycles. The Hall–Kier alpha value is -1.55. The molecule has 116 valence electrons. The Kier molecular flexibility index (Phi) is 7.92. The molecule has 0 heterocycles. The van der Waals surface area contributed by atoms with E-state index in [1.165, 1.54) is 6.92 Å². The monoisotopic (exact) mass is 292 g/mol. The predicted molar refractivity (Wildman–Crippen MR) is 66.5 cm³/mol. The highest BCUT2D eigenvalue weighted by atomic mass is 16.4. The van der Waals surface area contributed by atoms with E-state index in [0.717, 1.165) is 0 Å². The lowest BCUT2D eigenvalue weighted by molar-refractivity contribution is -0.157. The number of amides is 1. The summed E-state index contributed by atoms with van der Waals surface area (Å²) in [5.74, 6) is -2.80. The zero-order chi connectivity index (χ0) is 15.9. The van der Waals surface area contributed by atoms with Gasteiger partial charge in [-0.15, -0.1) is 0 Å². The van der Waals surface area contributed by atoms with Crippen LogP contribution in [0.5, 0.6) is 0 Å². The van der Waals surface area contributed by atoms with Gasteiger partial charge in [-0.25, -0.2) is 4.79 Å². The van der Waals surface area contributed by atoms with Crippen molar-refractivity contribution in [3.63, 3.8) is 0 Å². The maximum absolute atomic E-state index is 11.6. The molecule has 1 amide bonds. The first-order valence-corrected chi connectivity index (χ1v) is 5.96. The molecule has 1 unspecified atom stereocenters. The molecule has 20 heavy (non-hydrogen) atoms. The van der Waals surface area contributed by atoms with Gasteiger partial charge in [-0.3, -0.25) is 4.79 Å². The maximum Gasteiger partial charge on any atom is 0.335 e. The van der Waals surface area contributed by atoms with Gasteiger partial charge in [0.2, 0.25) is 5.91 Å². The number of nitrogens with one attached hydrogen (secondary N) is 1. The van der Waals surface area contributed by atoms with Crippen LogP contribution in [0.3, 0.4) is 0 Å². The fraction of sp³-hybridized carbons (Fsp3) is 0.727. The number of aliphatic hydroxyl groups excluding tert-OH is 3. The van der Waals surface area contributed by atoms with E-state index in [-0.39, 0.29) is 6.42 Å². The zero-order valence-electron chi connectivity index (χ0n) is 11.0. The highest BCUT2D eigenvalue weighted by molar-refractivity contribution is 5.79. The molecule has 0 aromatic rings. The molecule has 0 saturated heterocycles. The van der Waals surface area contributed by atoms with Crippen LogP contribution in [0.2, 0.25) is 0 Å². The van der Waals surface area contributed by atoms with Crippen molar-refractivity contribution in [2.45, 2.75) is 37.7 Å². The number of nitrogens with two attached hydrogens (primary N) is 1. The van der Waals surface area contributed by atoms with E-state index >= 15 is 0 Å². The smallest absolute Gasteiger partial charge is 0.335 e. The van der Waals surface area contributed by atoms with Crippen molar-refractivity contribution in [1.82, 2.24) is 5.32 Å². The molecule has 0 spiro atoms. The SMILES string of the molecule is CC(C[C@H](N)C=O)C(=O)NC[C@H](O)[C@@H](O)[C@H](O)C(=O)O. The number of carboxylic acids is 1. The Morgan fingerprint density at radius 1 is 1.30 bits per heavy atom. The van der Waals surface area contributed by atoms with Crippen molar-refractivity contribution in [3.8, 4) is 0 Å². The fourth-order valence-electron chi connectivity index (χ4n) is 1.43. The molecule has 0 aromatic carbocycles. The highest BCUT2D eigenvalue weighted by Gasteiger charge is 2.30. The lowest BCUT2D eigenvalue weighted by Gasteiger charge is -2.21. The van der Waals surface area contributed by atoms with Gasteiger partial charge in [-0.1, -0.05) is 6.92 Å². The lowest BCUT2D eigenvalue weighted by Crippen LogP contribution is -2.48. The van der Waals surface area contributed by atoms with Crippen molar-refractivity contribution in [2.24, 2.45) is 11.7 Å². The summed E-state index contributed by atoms with van der Waals surface area (Å²) in [7, 11) is 0. The van der Waals surface area contributed by atoms with Crippen LogP contribution >= 0.6 is 0 Å². The number of hydrogen-bond donors (Lipinski definition) is 6. The number of carbonyl (C=O) groups excluding carboxylic acids is 2. The Bertz CT molecular complexity index is 350. The molecule has 0 aliphatic heterocycles. The molecule has 0 aliphatic rings. The summed E-state index contributed by atoms with van der Waals surface area (Å²) >= 11 is 0. The molecule has 0 rings (SSSR count). The summed E-state index contributed by atoms with van der Waals surface area (Å²) in [6, 6.07) is -0.778. The standard InChI is InChI=1S/C11H20N2O7/c1-5(2-6(12)4-14)10(18)13-3-7(15)8(16)9(17)11(19)20/h4-9,15-17H,2-3,12H2,1H3,(H,13,18)(H,19,20)/t5?,6-,7-,8+,9-/m0/s1. The van der Waals surface area contributed by atoms with Crippen LogP contribution in [0.15, 0.2) is 0 Å². The quantitative estimate of drug-likeness (QED) is 0.241. The maximum atomic E-state index is 11.6. The van der Waals surface area contributed by atoms with E-state index in [1.54, 1.807) is 0 Å². The first-order chi connectivity index (χ1) is 9.20. The van der Waals surface area contributed by atoms with Crippen molar-refractivity contribution < 1.29 is 34.8 Å². The summed E-state index contributed by atoms with van der Waals surface area (Å²) in [6.45, 7) is 1.08. The van der Waals surface area contributed by atoms with Crippen LogP contribution in [-0.2, 0) is 14.4 Å². The van der Waals surface area contributed by atoms with Crippen molar-refractivity contribution in [3.05, 3.63) is 0 Å². The summed E-state index contributed by atoms with van der Waals surface area (Å²) in [4.78, 5) is 32.3. The van der Waals surface area contributed by atoms with E-state index in [0.29, 0.717) is 6.29 Å². The third-order valence-corrected chi connectivity index (χ3v) is 2.70.